The topological polar surface area (TPSA) is 192 Å². The van der Waals surface area contributed by atoms with Crippen molar-refractivity contribution in [3.63, 3.8) is 0 Å². The lowest BCUT2D eigenvalue weighted by atomic mass is 9.79. The third-order valence-corrected chi connectivity index (χ3v) is 14.2. The van der Waals surface area contributed by atoms with E-state index in [9.17, 15) is 29.5 Å². The summed E-state index contributed by atoms with van der Waals surface area (Å²) in [6.07, 6.45) is 8.03. The standard InChI is InChI=1S/C51H58FN11O5/c1-33(2)56-49(67)50(3)14-18-61(19-15-50)44-12-6-35(30-54-44)40-26-36(32-63-47(40)37(29-53)31-55-63)34-4-8-39(9-5-34)59-22-24-62(25-23-59)46(65)28-51(68)16-20-60(21-17-51)43-11-7-38(27-41(43)52)57-42-10-13-45(64)58-48(42)66/h4-9,11-12,26-27,30-33,42,57,68H,10,13-25,28H2,1-3H3,(H,56,67)(H,58,64,66). The Morgan fingerprint density at radius 3 is 2.24 bits per heavy atom. The highest BCUT2D eigenvalue weighted by Gasteiger charge is 2.39. The fourth-order valence-corrected chi connectivity index (χ4v) is 9.90. The summed E-state index contributed by atoms with van der Waals surface area (Å²) >= 11 is 0. The molecule has 7 heterocycles. The van der Waals surface area contributed by atoms with Crippen LogP contribution in [-0.4, -0.2) is 118 Å². The number of anilines is 4. The number of nitrogens with zero attached hydrogens (tertiary/aromatic N) is 8. The number of fused-ring (bicyclic) bond motifs is 1. The van der Waals surface area contributed by atoms with Crippen molar-refractivity contribution in [3.05, 3.63) is 90.6 Å². The molecular weight excluding hydrogens is 866 g/mol. The number of rotatable bonds is 11. The molecule has 4 saturated heterocycles. The first-order valence-corrected chi connectivity index (χ1v) is 23.6. The van der Waals surface area contributed by atoms with Crippen LogP contribution in [0.4, 0.5) is 27.3 Å². The molecule has 4 aliphatic rings. The Hall–Kier alpha value is -7.06. The lowest BCUT2D eigenvalue weighted by Gasteiger charge is -2.41. The van der Waals surface area contributed by atoms with Gasteiger partial charge in [0.25, 0.3) is 0 Å². The largest absolute Gasteiger partial charge is 0.389 e. The monoisotopic (exact) mass is 923 g/mol. The summed E-state index contributed by atoms with van der Waals surface area (Å²) in [5.74, 6) is -0.348. The molecular formula is C51H58FN11O5. The van der Waals surface area contributed by atoms with Crippen LogP contribution in [0.2, 0.25) is 0 Å². The molecule has 4 N–H and O–H groups in total. The lowest BCUT2D eigenvalue weighted by molar-refractivity contribution is -0.138. The first kappa shape index (κ1) is 46.1. The van der Waals surface area contributed by atoms with Crippen molar-refractivity contribution in [2.75, 3.05) is 72.4 Å². The van der Waals surface area contributed by atoms with Crippen molar-refractivity contribution in [1.82, 2.24) is 30.1 Å². The van der Waals surface area contributed by atoms with Gasteiger partial charge in [-0.05, 0) is 100 Å². The van der Waals surface area contributed by atoms with Gasteiger partial charge in [0.2, 0.25) is 23.6 Å². The maximum Gasteiger partial charge on any atom is 0.249 e. The third kappa shape index (κ3) is 9.68. The molecule has 354 valence electrons. The molecule has 5 aromatic rings. The van der Waals surface area contributed by atoms with E-state index >= 15 is 4.39 Å². The second-order valence-electron chi connectivity index (χ2n) is 19.3. The Labute approximate surface area is 395 Å². The predicted octanol–water partition coefficient (Wildman–Crippen LogP) is 5.49. The van der Waals surface area contributed by atoms with Gasteiger partial charge in [-0.2, -0.15) is 10.4 Å². The smallest absolute Gasteiger partial charge is 0.249 e. The summed E-state index contributed by atoms with van der Waals surface area (Å²) in [4.78, 5) is 63.1. The Balaban J connectivity index is 0.789. The van der Waals surface area contributed by atoms with E-state index in [1.165, 1.54) is 6.07 Å². The van der Waals surface area contributed by atoms with Crippen LogP contribution in [-0.2, 0) is 19.2 Å². The summed E-state index contributed by atoms with van der Waals surface area (Å²) in [7, 11) is 0. The molecule has 3 aromatic heterocycles. The number of imide groups is 1. The minimum atomic E-state index is -1.19. The number of carbonyl (C=O) groups is 4. The average molecular weight is 924 g/mol. The zero-order chi connectivity index (χ0) is 47.7. The predicted molar refractivity (Wildman–Crippen MR) is 257 cm³/mol. The minimum Gasteiger partial charge on any atom is -0.389 e. The highest BCUT2D eigenvalue weighted by Crippen LogP contribution is 2.37. The molecule has 17 heteroatoms. The summed E-state index contributed by atoms with van der Waals surface area (Å²) in [5.41, 5.74) is 5.04. The normalized spacial score (nSPS) is 19.5. The first-order chi connectivity index (χ1) is 32.7. The van der Waals surface area contributed by atoms with Crippen LogP contribution in [0.25, 0.3) is 27.8 Å². The fourth-order valence-electron chi connectivity index (χ4n) is 9.90. The summed E-state index contributed by atoms with van der Waals surface area (Å²) in [5, 5.41) is 34.4. The molecule has 1 unspecified atom stereocenters. The Morgan fingerprint density at radius 1 is 0.882 bits per heavy atom. The molecule has 4 amide bonds. The van der Waals surface area contributed by atoms with Crippen molar-refractivity contribution < 1.29 is 28.7 Å². The Kier molecular flexibility index (Phi) is 12.8. The molecule has 4 aliphatic heterocycles. The first-order valence-electron chi connectivity index (χ1n) is 23.6. The van der Waals surface area contributed by atoms with Gasteiger partial charge >= 0.3 is 0 Å². The molecule has 4 fully saturated rings. The van der Waals surface area contributed by atoms with Crippen molar-refractivity contribution in [3.8, 4) is 28.3 Å². The van der Waals surface area contributed by atoms with E-state index in [0.29, 0.717) is 81.0 Å². The number of carbonyl (C=O) groups excluding carboxylic acids is 4. The summed E-state index contributed by atoms with van der Waals surface area (Å²) < 4.78 is 17.1. The van der Waals surface area contributed by atoms with Crippen molar-refractivity contribution in [2.45, 2.75) is 83.4 Å². The van der Waals surface area contributed by atoms with Gasteiger partial charge in [0, 0.05) is 111 Å². The van der Waals surface area contributed by atoms with E-state index in [4.69, 9.17) is 4.98 Å². The second kappa shape index (κ2) is 18.9. The van der Waals surface area contributed by atoms with Crippen molar-refractivity contribution in [1.29, 1.82) is 5.26 Å². The summed E-state index contributed by atoms with van der Waals surface area (Å²) in [6, 6.07) is 20.9. The number of amides is 4. The number of nitrogens with one attached hydrogen (secondary N) is 3. The third-order valence-electron chi connectivity index (χ3n) is 14.2. The zero-order valence-corrected chi connectivity index (χ0v) is 38.8. The number of benzene rings is 2. The highest BCUT2D eigenvalue weighted by molar-refractivity contribution is 6.01. The van der Waals surface area contributed by atoms with Gasteiger partial charge in [0.15, 0.2) is 0 Å². The number of pyridine rings is 2. The number of aliphatic hydroxyl groups is 1. The van der Waals surface area contributed by atoms with Crippen LogP contribution < -0.4 is 30.7 Å². The zero-order valence-electron chi connectivity index (χ0n) is 38.8. The minimum absolute atomic E-state index is 0.00338. The number of aromatic nitrogens is 3. The number of nitriles is 1. The van der Waals surface area contributed by atoms with Crippen molar-refractivity contribution in [2.24, 2.45) is 5.41 Å². The lowest BCUT2D eigenvalue weighted by Crippen LogP contribution is -2.52. The van der Waals surface area contributed by atoms with Gasteiger partial charge in [-0.25, -0.2) is 13.9 Å². The molecule has 0 saturated carbocycles. The highest BCUT2D eigenvalue weighted by atomic mass is 19.1. The van der Waals surface area contributed by atoms with Gasteiger partial charge in [0.05, 0.1) is 35.0 Å². The molecule has 68 heavy (non-hydrogen) atoms. The van der Waals surface area contributed by atoms with Gasteiger partial charge in [-0.3, -0.25) is 24.5 Å². The second-order valence-corrected chi connectivity index (χ2v) is 19.3. The van der Waals surface area contributed by atoms with E-state index in [1.54, 1.807) is 22.8 Å². The Bertz CT molecular complexity index is 2750. The van der Waals surface area contributed by atoms with Crippen LogP contribution in [0.5, 0.6) is 0 Å². The van der Waals surface area contributed by atoms with Crippen LogP contribution in [0.3, 0.4) is 0 Å². The molecule has 0 radical (unpaired) electrons. The molecule has 9 rings (SSSR count). The number of hydrogen-bond acceptors (Lipinski definition) is 12. The van der Waals surface area contributed by atoms with Crippen LogP contribution in [0.15, 0.2) is 79.3 Å². The van der Waals surface area contributed by atoms with E-state index < -0.39 is 28.8 Å². The van der Waals surface area contributed by atoms with E-state index in [0.717, 1.165) is 59.7 Å². The van der Waals surface area contributed by atoms with Crippen LogP contribution in [0.1, 0.15) is 71.3 Å². The SMILES string of the molecule is CC(C)NC(=O)C1(C)CCN(c2ccc(-c3cc(-c4ccc(N5CCN(C(=O)CC6(O)CCN(c7ccc(NC8CCC(=O)NC8=O)cc7F)CC6)CC5)cc4)cn4ncc(C#N)c34)cn2)CC1. The van der Waals surface area contributed by atoms with Gasteiger partial charge in [-0.15, -0.1) is 0 Å². The number of piperidine rings is 3. The van der Waals surface area contributed by atoms with E-state index in [-0.39, 0.29) is 36.6 Å². The van der Waals surface area contributed by atoms with E-state index in [2.05, 4.69) is 67.2 Å². The summed E-state index contributed by atoms with van der Waals surface area (Å²) in [6.45, 7) is 10.5. The molecule has 0 bridgehead atoms. The molecule has 16 nitrogen and oxygen atoms in total. The van der Waals surface area contributed by atoms with Crippen LogP contribution in [0, 0.1) is 22.6 Å². The van der Waals surface area contributed by atoms with Gasteiger partial charge < -0.3 is 35.3 Å². The van der Waals surface area contributed by atoms with Crippen molar-refractivity contribution >= 4 is 52.0 Å². The number of halogens is 1. The molecule has 0 spiro atoms. The molecule has 1 atom stereocenters. The Morgan fingerprint density at radius 2 is 1.59 bits per heavy atom. The quantitative estimate of drug-likeness (QED) is 0.122. The average Bonchev–Trinajstić information content (AvgIpc) is 3.76. The van der Waals surface area contributed by atoms with E-state index in [1.807, 2.05) is 55.1 Å². The molecule has 2 aromatic carbocycles. The maximum atomic E-state index is 15.3. The van der Waals surface area contributed by atoms with Gasteiger partial charge in [0.1, 0.15) is 23.7 Å². The fraction of sp³-hybridized carbons (Fsp3) is 0.431. The van der Waals surface area contributed by atoms with Gasteiger partial charge in [-0.1, -0.05) is 19.1 Å². The molecule has 0 aliphatic carbocycles. The van der Waals surface area contributed by atoms with Crippen LogP contribution >= 0.6 is 0 Å². The maximum absolute atomic E-state index is 15.3. The number of piperazine rings is 1. The number of hydrogen-bond donors (Lipinski definition) is 4.